The average molecular weight is 434 g/mol. The Kier molecular flexibility index (Phi) is 5.67. The summed E-state index contributed by atoms with van der Waals surface area (Å²) in [6, 6.07) is 4.48. The maximum absolute atomic E-state index is 12.9. The number of hydrogen-bond donors (Lipinski definition) is 1. The van der Waals surface area contributed by atoms with Crippen molar-refractivity contribution in [3.63, 3.8) is 0 Å². The van der Waals surface area contributed by atoms with Gasteiger partial charge in [0, 0.05) is 30.7 Å². The number of carbonyl (C=O) groups is 3. The van der Waals surface area contributed by atoms with Crippen LogP contribution in [0.3, 0.4) is 0 Å². The number of nitrogens with one attached hydrogen (secondary N) is 1. The van der Waals surface area contributed by atoms with Crippen LogP contribution in [-0.2, 0) is 10.0 Å². The number of benzene rings is 1. The Bertz CT molecular complexity index is 976. The van der Waals surface area contributed by atoms with Crippen molar-refractivity contribution in [1.82, 2.24) is 14.5 Å². The van der Waals surface area contributed by atoms with Crippen LogP contribution in [0.2, 0.25) is 0 Å². The third kappa shape index (κ3) is 4.00. The van der Waals surface area contributed by atoms with E-state index in [9.17, 15) is 22.8 Å². The highest BCUT2D eigenvalue weighted by Crippen LogP contribution is 2.31. The van der Waals surface area contributed by atoms with Crippen molar-refractivity contribution in [2.75, 3.05) is 19.3 Å². The lowest BCUT2D eigenvalue weighted by Crippen LogP contribution is -2.46. The second-order valence-electron chi connectivity index (χ2n) is 8.44. The van der Waals surface area contributed by atoms with Crippen LogP contribution < -0.4 is 5.32 Å². The molecule has 4 rings (SSSR count). The Morgan fingerprint density at radius 1 is 0.967 bits per heavy atom. The first kappa shape index (κ1) is 21.0. The zero-order valence-electron chi connectivity index (χ0n) is 17.1. The molecule has 1 saturated carbocycles. The number of hydrogen-bond acceptors (Lipinski definition) is 5. The average Bonchev–Trinajstić information content (AvgIpc) is 2.98. The summed E-state index contributed by atoms with van der Waals surface area (Å²) >= 11 is 0. The minimum Gasteiger partial charge on any atom is -0.349 e. The molecule has 1 aromatic carbocycles. The molecule has 0 aromatic heterocycles. The normalized spacial score (nSPS) is 21.7. The summed E-state index contributed by atoms with van der Waals surface area (Å²) in [4.78, 5) is 39.8. The number of carbonyl (C=O) groups excluding carboxylic acids is 3. The molecule has 2 aliphatic heterocycles. The summed E-state index contributed by atoms with van der Waals surface area (Å²) in [5.41, 5.74) is 1.000. The van der Waals surface area contributed by atoms with Crippen molar-refractivity contribution < 1.29 is 22.8 Å². The van der Waals surface area contributed by atoms with Crippen molar-refractivity contribution in [2.45, 2.75) is 57.0 Å². The molecule has 0 unspecified atom stereocenters. The van der Waals surface area contributed by atoms with E-state index in [-0.39, 0.29) is 29.8 Å². The van der Waals surface area contributed by atoms with Crippen molar-refractivity contribution in [2.24, 2.45) is 0 Å². The molecule has 0 spiro atoms. The van der Waals surface area contributed by atoms with Crippen molar-refractivity contribution >= 4 is 27.7 Å². The van der Waals surface area contributed by atoms with Gasteiger partial charge < -0.3 is 5.32 Å². The number of fused-ring (bicyclic) bond motifs is 1. The monoisotopic (exact) mass is 433 g/mol. The molecule has 1 N–H and O–H groups in total. The molecule has 1 aliphatic carbocycles. The fourth-order valence-corrected chi connectivity index (χ4v) is 5.55. The maximum Gasteiger partial charge on any atom is 0.261 e. The first-order valence-corrected chi connectivity index (χ1v) is 12.4. The van der Waals surface area contributed by atoms with Gasteiger partial charge in [-0.1, -0.05) is 19.3 Å². The van der Waals surface area contributed by atoms with E-state index in [1.54, 1.807) is 12.1 Å². The Morgan fingerprint density at radius 2 is 1.60 bits per heavy atom. The number of imide groups is 1. The third-order valence-corrected chi connectivity index (χ3v) is 7.68. The van der Waals surface area contributed by atoms with Gasteiger partial charge in [0.15, 0.2) is 0 Å². The summed E-state index contributed by atoms with van der Waals surface area (Å²) in [6.45, 7) is 0.745. The lowest BCUT2D eigenvalue weighted by molar-refractivity contribution is 0.0548. The van der Waals surface area contributed by atoms with E-state index in [0.29, 0.717) is 42.6 Å². The molecule has 30 heavy (non-hydrogen) atoms. The number of amides is 3. The van der Waals surface area contributed by atoms with Crippen LogP contribution in [0.5, 0.6) is 0 Å². The van der Waals surface area contributed by atoms with E-state index in [0.717, 1.165) is 32.1 Å². The highest BCUT2D eigenvalue weighted by molar-refractivity contribution is 7.88. The van der Waals surface area contributed by atoms with E-state index < -0.39 is 10.0 Å². The van der Waals surface area contributed by atoms with Gasteiger partial charge in [-0.2, -0.15) is 0 Å². The molecule has 0 radical (unpaired) electrons. The topological polar surface area (TPSA) is 104 Å². The summed E-state index contributed by atoms with van der Waals surface area (Å²) in [7, 11) is -3.22. The minimum atomic E-state index is -3.22. The van der Waals surface area contributed by atoms with E-state index in [1.165, 1.54) is 21.5 Å². The largest absolute Gasteiger partial charge is 0.349 e. The zero-order chi connectivity index (χ0) is 21.5. The van der Waals surface area contributed by atoms with Crippen LogP contribution in [0.1, 0.15) is 76.0 Å². The summed E-state index contributed by atoms with van der Waals surface area (Å²) in [5.74, 6) is -0.882. The summed E-state index contributed by atoms with van der Waals surface area (Å²) < 4.78 is 24.6. The lowest BCUT2D eigenvalue weighted by Gasteiger charge is -2.30. The van der Waals surface area contributed by atoms with E-state index >= 15 is 0 Å². The maximum atomic E-state index is 12.9. The van der Waals surface area contributed by atoms with Gasteiger partial charge in [-0.15, -0.1) is 0 Å². The fourth-order valence-electron chi connectivity index (χ4n) is 4.67. The van der Waals surface area contributed by atoms with Gasteiger partial charge in [0.1, 0.15) is 0 Å². The number of rotatable bonds is 4. The van der Waals surface area contributed by atoms with Crippen LogP contribution in [0, 0.1) is 0 Å². The molecule has 8 nitrogen and oxygen atoms in total. The van der Waals surface area contributed by atoms with Crippen LogP contribution in [-0.4, -0.2) is 66.8 Å². The number of piperidine rings is 1. The number of nitrogens with zero attached hydrogens (tertiary/aromatic N) is 2. The Morgan fingerprint density at radius 3 is 2.23 bits per heavy atom. The lowest BCUT2D eigenvalue weighted by atomic mass is 9.94. The molecule has 162 valence electrons. The third-order valence-electron chi connectivity index (χ3n) is 6.38. The van der Waals surface area contributed by atoms with Crippen LogP contribution in [0.15, 0.2) is 18.2 Å². The molecule has 2 heterocycles. The van der Waals surface area contributed by atoms with Crippen LogP contribution in [0.25, 0.3) is 0 Å². The zero-order valence-corrected chi connectivity index (χ0v) is 17.9. The van der Waals surface area contributed by atoms with Gasteiger partial charge in [-0.3, -0.25) is 19.3 Å². The van der Waals surface area contributed by atoms with Crippen molar-refractivity contribution in [1.29, 1.82) is 0 Å². The van der Waals surface area contributed by atoms with Gasteiger partial charge >= 0.3 is 0 Å². The van der Waals surface area contributed by atoms with E-state index in [2.05, 4.69) is 5.32 Å². The molecule has 3 amide bonds. The summed E-state index contributed by atoms with van der Waals surface area (Å²) in [5, 5.41) is 2.93. The number of sulfonamides is 1. The predicted molar refractivity (Wildman–Crippen MR) is 111 cm³/mol. The molecular formula is C21H27N3O5S. The second kappa shape index (κ2) is 8.11. The quantitative estimate of drug-likeness (QED) is 0.729. The Labute approximate surface area is 176 Å². The SMILES string of the molecule is CS(=O)(=O)N1CCC(NC(=O)c2ccc3c(c2)C(=O)N(C2CCCCC2)C3=O)CC1. The molecule has 9 heteroatoms. The van der Waals surface area contributed by atoms with Gasteiger partial charge in [0.2, 0.25) is 10.0 Å². The molecule has 3 aliphatic rings. The standard InChI is InChI=1S/C21H27N3O5S/c1-30(28,29)23-11-9-15(10-12-23)22-19(25)14-7-8-17-18(13-14)21(27)24(20(17)26)16-5-3-2-4-6-16/h7-8,13,15-16H,2-6,9-12H2,1H3,(H,22,25). The predicted octanol–water partition coefficient (Wildman–Crippen LogP) is 1.77. The smallest absolute Gasteiger partial charge is 0.261 e. The molecule has 0 bridgehead atoms. The van der Waals surface area contributed by atoms with Gasteiger partial charge in [-0.05, 0) is 43.9 Å². The molecular weight excluding hydrogens is 406 g/mol. The first-order valence-electron chi connectivity index (χ1n) is 10.5. The van der Waals surface area contributed by atoms with Gasteiger partial charge in [0.05, 0.1) is 17.4 Å². The highest BCUT2D eigenvalue weighted by atomic mass is 32.2. The first-order chi connectivity index (χ1) is 14.3. The molecule has 1 saturated heterocycles. The van der Waals surface area contributed by atoms with Gasteiger partial charge in [0.25, 0.3) is 17.7 Å². The summed E-state index contributed by atoms with van der Waals surface area (Å²) in [6.07, 6.45) is 7.11. The highest BCUT2D eigenvalue weighted by Gasteiger charge is 2.40. The van der Waals surface area contributed by atoms with Gasteiger partial charge in [-0.25, -0.2) is 12.7 Å². The van der Waals surface area contributed by atoms with Crippen molar-refractivity contribution in [3.8, 4) is 0 Å². The van der Waals surface area contributed by atoms with E-state index in [1.807, 2.05) is 0 Å². The molecule has 2 fully saturated rings. The van der Waals surface area contributed by atoms with Crippen molar-refractivity contribution in [3.05, 3.63) is 34.9 Å². The molecule has 1 aromatic rings. The molecule has 0 atom stereocenters. The van der Waals surface area contributed by atoms with Crippen LogP contribution >= 0.6 is 0 Å². The van der Waals surface area contributed by atoms with Crippen LogP contribution in [0.4, 0.5) is 0 Å². The Hall–Kier alpha value is -2.26. The minimum absolute atomic E-state index is 0.0524. The second-order valence-corrected chi connectivity index (χ2v) is 10.4. The fraction of sp³-hybridized carbons (Fsp3) is 0.571. The van der Waals surface area contributed by atoms with E-state index in [4.69, 9.17) is 0 Å². The Balaban J connectivity index is 1.44.